The van der Waals surface area contributed by atoms with Gasteiger partial charge in [0.25, 0.3) is 0 Å². The number of rotatable bonds is 9. The van der Waals surface area contributed by atoms with Gasteiger partial charge in [-0.05, 0) is 56.7 Å². The van der Waals surface area contributed by atoms with Crippen LogP contribution in [0.15, 0.2) is 53.4 Å². The zero-order valence-corrected chi connectivity index (χ0v) is 16.9. The Morgan fingerprint density at radius 3 is 2.30 bits per heavy atom. The molecular formula is C20H27NO5S. The van der Waals surface area contributed by atoms with Gasteiger partial charge in [0.15, 0.2) is 9.84 Å². The van der Waals surface area contributed by atoms with Crippen LogP contribution in [-0.4, -0.2) is 50.1 Å². The monoisotopic (exact) mass is 393 g/mol. The number of hydrogen-bond acceptors (Lipinski definition) is 6. The SMILES string of the molecule is Cc1cc(OCC(O)CN(Oc2ccccc2)C(C)C)ccc1S(C)(=O)=O. The van der Waals surface area contributed by atoms with Crippen LogP contribution in [0.3, 0.4) is 0 Å². The van der Waals surface area contributed by atoms with E-state index in [4.69, 9.17) is 9.57 Å². The zero-order valence-electron chi connectivity index (χ0n) is 16.1. The Morgan fingerprint density at radius 2 is 1.74 bits per heavy atom. The van der Waals surface area contributed by atoms with Crippen LogP contribution in [0.4, 0.5) is 0 Å². The van der Waals surface area contributed by atoms with Crippen LogP contribution in [-0.2, 0) is 9.84 Å². The van der Waals surface area contributed by atoms with Gasteiger partial charge < -0.3 is 14.7 Å². The average Bonchev–Trinajstić information content (AvgIpc) is 2.59. The van der Waals surface area contributed by atoms with E-state index >= 15 is 0 Å². The molecule has 0 bridgehead atoms. The van der Waals surface area contributed by atoms with Gasteiger partial charge in [-0.2, -0.15) is 0 Å². The molecule has 0 aromatic heterocycles. The summed E-state index contributed by atoms with van der Waals surface area (Å²) in [6.45, 7) is 6.01. The second kappa shape index (κ2) is 9.21. The van der Waals surface area contributed by atoms with Crippen LogP contribution >= 0.6 is 0 Å². The molecule has 148 valence electrons. The summed E-state index contributed by atoms with van der Waals surface area (Å²) in [7, 11) is -3.26. The molecule has 0 radical (unpaired) electrons. The van der Waals surface area contributed by atoms with E-state index in [9.17, 15) is 13.5 Å². The summed E-state index contributed by atoms with van der Waals surface area (Å²) >= 11 is 0. The third kappa shape index (κ3) is 6.53. The fourth-order valence-electron chi connectivity index (χ4n) is 2.55. The molecule has 0 spiro atoms. The minimum atomic E-state index is -3.26. The third-order valence-electron chi connectivity index (χ3n) is 3.92. The quantitative estimate of drug-likeness (QED) is 0.660. The molecule has 0 heterocycles. The van der Waals surface area contributed by atoms with Crippen LogP contribution in [0.5, 0.6) is 11.5 Å². The number of benzene rings is 2. The summed E-state index contributed by atoms with van der Waals surface area (Å²) in [4.78, 5) is 6.10. The van der Waals surface area contributed by atoms with Gasteiger partial charge in [0.2, 0.25) is 0 Å². The van der Waals surface area contributed by atoms with E-state index in [2.05, 4.69) is 0 Å². The lowest BCUT2D eigenvalue weighted by molar-refractivity contribution is -0.112. The van der Waals surface area contributed by atoms with Crippen molar-refractivity contribution in [3.05, 3.63) is 54.1 Å². The minimum absolute atomic E-state index is 0.0659. The van der Waals surface area contributed by atoms with Crippen molar-refractivity contribution in [3.8, 4) is 11.5 Å². The third-order valence-corrected chi connectivity index (χ3v) is 5.18. The predicted octanol–water partition coefficient (Wildman–Crippen LogP) is 2.84. The summed E-state index contributed by atoms with van der Waals surface area (Å²) < 4.78 is 29.0. The summed E-state index contributed by atoms with van der Waals surface area (Å²) in [5.74, 6) is 1.21. The lowest BCUT2D eigenvalue weighted by atomic mass is 10.2. The minimum Gasteiger partial charge on any atom is -0.491 e. The number of hydroxylamine groups is 2. The first-order chi connectivity index (χ1) is 12.7. The fraction of sp³-hybridized carbons (Fsp3) is 0.400. The first-order valence-corrected chi connectivity index (χ1v) is 10.7. The number of sulfone groups is 1. The summed E-state index contributed by atoms with van der Waals surface area (Å²) in [6.07, 6.45) is 0.401. The zero-order chi connectivity index (χ0) is 20.0. The molecule has 7 heteroatoms. The van der Waals surface area contributed by atoms with Gasteiger partial charge in [-0.3, -0.25) is 0 Å². The van der Waals surface area contributed by atoms with Gasteiger partial charge in [-0.1, -0.05) is 18.2 Å². The smallest absolute Gasteiger partial charge is 0.175 e. The molecule has 0 aliphatic carbocycles. The van der Waals surface area contributed by atoms with E-state index < -0.39 is 15.9 Å². The van der Waals surface area contributed by atoms with Gasteiger partial charge in [0, 0.05) is 12.3 Å². The van der Waals surface area contributed by atoms with Gasteiger partial charge >= 0.3 is 0 Å². The van der Waals surface area contributed by atoms with Gasteiger partial charge in [0.1, 0.15) is 24.2 Å². The van der Waals surface area contributed by atoms with E-state index in [0.29, 0.717) is 17.1 Å². The van der Waals surface area contributed by atoms with E-state index in [1.165, 1.54) is 12.3 Å². The molecule has 1 unspecified atom stereocenters. The lowest BCUT2D eigenvalue weighted by Gasteiger charge is -2.28. The van der Waals surface area contributed by atoms with Crippen molar-refractivity contribution in [2.24, 2.45) is 0 Å². The Labute approximate surface area is 161 Å². The molecule has 1 atom stereocenters. The number of hydrogen-bond donors (Lipinski definition) is 1. The standard InChI is InChI=1S/C20H27NO5S/c1-15(2)21(26-18-8-6-5-7-9-18)13-17(22)14-25-19-10-11-20(16(3)12-19)27(4,23)24/h5-12,15,17,22H,13-14H2,1-4H3. The second-order valence-corrected chi connectivity index (χ2v) is 8.75. The number of para-hydroxylation sites is 1. The second-order valence-electron chi connectivity index (χ2n) is 6.76. The summed E-state index contributed by atoms with van der Waals surface area (Å²) in [6, 6.07) is 14.2. The Balaban J connectivity index is 1.94. The normalized spacial score (nSPS) is 13.0. The van der Waals surface area contributed by atoms with Crippen molar-refractivity contribution in [2.45, 2.75) is 37.8 Å². The molecule has 2 aromatic carbocycles. The van der Waals surface area contributed by atoms with Crippen molar-refractivity contribution >= 4 is 9.84 Å². The molecule has 1 N–H and O–H groups in total. The van der Waals surface area contributed by atoms with Crippen molar-refractivity contribution in [3.63, 3.8) is 0 Å². The van der Waals surface area contributed by atoms with E-state index in [0.717, 1.165) is 0 Å². The molecule has 0 saturated carbocycles. The number of aryl methyl sites for hydroxylation is 1. The summed E-state index contributed by atoms with van der Waals surface area (Å²) in [5.41, 5.74) is 0.612. The molecule has 2 rings (SSSR count). The Kier molecular flexibility index (Phi) is 7.24. The topological polar surface area (TPSA) is 76.1 Å². The first kappa shape index (κ1) is 21.2. The van der Waals surface area contributed by atoms with Crippen LogP contribution < -0.4 is 9.57 Å². The largest absolute Gasteiger partial charge is 0.491 e. The highest BCUT2D eigenvalue weighted by atomic mass is 32.2. The molecule has 0 amide bonds. The molecule has 0 fully saturated rings. The van der Waals surface area contributed by atoms with Gasteiger partial charge in [-0.25, -0.2) is 8.42 Å². The average molecular weight is 394 g/mol. The number of aliphatic hydroxyl groups is 1. The maximum absolute atomic E-state index is 11.7. The highest BCUT2D eigenvalue weighted by Gasteiger charge is 2.18. The van der Waals surface area contributed by atoms with Crippen molar-refractivity contribution in [2.75, 3.05) is 19.4 Å². The van der Waals surface area contributed by atoms with Gasteiger partial charge in [-0.15, -0.1) is 5.06 Å². The highest BCUT2D eigenvalue weighted by Crippen LogP contribution is 2.21. The molecule has 6 nitrogen and oxygen atoms in total. The van der Waals surface area contributed by atoms with Crippen molar-refractivity contribution in [1.82, 2.24) is 5.06 Å². The van der Waals surface area contributed by atoms with E-state index in [1.54, 1.807) is 24.1 Å². The van der Waals surface area contributed by atoms with E-state index in [-0.39, 0.29) is 24.1 Å². The predicted molar refractivity (Wildman–Crippen MR) is 105 cm³/mol. The molecule has 0 saturated heterocycles. The molecule has 27 heavy (non-hydrogen) atoms. The highest BCUT2D eigenvalue weighted by molar-refractivity contribution is 7.90. The Morgan fingerprint density at radius 1 is 1.07 bits per heavy atom. The molecular weight excluding hydrogens is 366 g/mol. The van der Waals surface area contributed by atoms with Gasteiger partial charge in [0.05, 0.1) is 11.4 Å². The van der Waals surface area contributed by atoms with Crippen LogP contribution in [0, 0.1) is 6.92 Å². The molecule has 2 aromatic rings. The Bertz CT molecular complexity index is 837. The maximum atomic E-state index is 11.7. The van der Waals surface area contributed by atoms with Crippen LogP contribution in [0.1, 0.15) is 19.4 Å². The number of ether oxygens (including phenoxy) is 1. The Hall–Kier alpha value is -2.09. The maximum Gasteiger partial charge on any atom is 0.175 e. The molecule has 0 aliphatic heterocycles. The molecule has 0 aliphatic rings. The lowest BCUT2D eigenvalue weighted by Crippen LogP contribution is -2.42. The van der Waals surface area contributed by atoms with Crippen LogP contribution in [0.25, 0.3) is 0 Å². The number of nitrogens with zero attached hydrogens (tertiary/aromatic N) is 1. The first-order valence-electron chi connectivity index (χ1n) is 8.78. The van der Waals surface area contributed by atoms with Crippen molar-refractivity contribution < 1.29 is 23.1 Å². The van der Waals surface area contributed by atoms with Crippen LogP contribution in [0.2, 0.25) is 0 Å². The summed E-state index contributed by atoms with van der Waals surface area (Å²) in [5, 5.41) is 12.0. The van der Waals surface area contributed by atoms with Crippen molar-refractivity contribution in [1.29, 1.82) is 0 Å². The van der Waals surface area contributed by atoms with E-state index in [1.807, 2.05) is 44.2 Å². The fourth-order valence-corrected chi connectivity index (χ4v) is 3.51. The number of aliphatic hydroxyl groups excluding tert-OH is 1.